The molecule has 0 N–H and O–H groups in total. The highest BCUT2D eigenvalue weighted by Gasteiger charge is 2.42. The van der Waals surface area contributed by atoms with Gasteiger partial charge in [-0.1, -0.05) is 19.4 Å². The predicted molar refractivity (Wildman–Crippen MR) is 134 cm³/mol. The zero-order valence-electron chi connectivity index (χ0n) is 20.7. The van der Waals surface area contributed by atoms with Gasteiger partial charge in [-0.3, -0.25) is 0 Å². The van der Waals surface area contributed by atoms with Crippen molar-refractivity contribution in [3.63, 3.8) is 0 Å². The van der Waals surface area contributed by atoms with Gasteiger partial charge in [0.1, 0.15) is 40.5 Å². The van der Waals surface area contributed by atoms with Crippen molar-refractivity contribution in [1.29, 1.82) is 0 Å². The third kappa shape index (κ3) is 6.62. The summed E-state index contributed by atoms with van der Waals surface area (Å²) in [7, 11) is 0. The Kier molecular flexibility index (Phi) is 9.15. The maximum atomic E-state index is 15.1. The maximum Gasteiger partial charge on any atom is 0.430 e. The normalized spacial score (nSPS) is 22.1. The summed E-state index contributed by atoms with van der Waals surface area (Å²) in [6, 6.07) is 2.72. The lowest BCUT2D eigenvalue weighted by atomic mass is 9.93. The Hall–Kier alpha value is -2.26. The fourth-order valence-electron chi connectivity index (χ4n) is 4.54. The summed E-state index contributed by atoms with van der Waals surface area (Å²) in [6.45, 7) is 2.76. The Morgan fingerprint density at radius 1 is 0.900 bits per heavy atom. The molecule has 40 heavy (non-hydrogen) atoms. The fraction of sp³-hybridized carbons (Fsp3) is 0.407. The minimum absolute atomic E-state index is 0.178. The number of hydrogen-bond acceptors (Lipinski definition) is 3. The monoisotopic (exact) mass is 692 g/mol. The van der Waals surface area contributed by atoms with Gasteiger partial charge in [-0.2, -0.15) is 22.0 Å². The van der Waals surface area contributed by atoms with Gasteiger partial charge in [-0.25, -0.2) is 17.6 Å². The van der Waals surface area contributed by atoms with Crippen LogP contribution in [0.5, 0.6) is 0 Å². The van der Waals surface area contributed by atoms with E-state index in [2.05, 4.69) is 4.74 Å². The third-order valence-corrected chi connectivity index (χ3v) is 7.23. The number of benzene rings is 2. The predicted octanol–water partition coefficient (Wildman–Crippen LogP) is 8.96. The van der Waals surface area contributed by atoms with E-state index in [0.29, 0.717) is 25.3 Å². The van der Waals surface area contributed by atoms with E-state index >= 15 is 8.78 Å². The Balaban J connectivity index is 1.53. The van der Waals surface area contributed by atoms with Crippen LogP contribution in [0.1, 0.15) is 54.7 Å². The van der Waals surface area contributed by atoms with E-state index in [9.17, 15) is 30.7 Å². The van der Waals surface area contributed by atoms with Crippen molar-refractivity contribution < 1.29 is 53.7 Å². The molecule has 0 aromatic heterocycles. The molecule has 2 aliphatic rings. The summed E-state index contributed by atoms with van der Waals surface area (Å²) in [5.41, 5.74) is -4.02. The molecule has 1 heterocycles. The molecule has 0 spiro atoms. The van der Waals surface area contributed by atoms with Crippen LogP contribution in [0.4, 0.5) is 39.5 Å². The second kappa shape index (κ2) is 11.9. The largest absolute Gasteiger partial charge is 0.433 e. The van der Waals surface area contributed by atoms with Crippen LogP contribution in [0.25, 0.3) is 5.57 Å². The van der Waals surface area contributed by atoms with Crippen molar-refractivity contribution in [3.05, 3.63) is 85.5 Å². The zero-order valence-corrected chi connectivity index (χ0v) is 22.9. The van der Waals surface area contributed by atoms with Crippen LogP contribution >= 0.6 is 22.6 Å². The van der Waals surface area contributed by atoms with E-state index in [1.165, 1.54) is 28.7 Å². The summed E-state index contributed by atoms with van der Waals surface area (Å²) >= 11 is 1.51. The van der Waals surface area contributed by atoms with Crippen molar-refractivity contribution in [2.75, 3.05) is 13.2 Å². The third-order valence-electron chi connectivity index (χ3n) is 6.38. The van der Waals surface area contributed by atoms with E-state index in [1.54, 1.807) is 0 Å². The molecule has 0 bridgehead atoms. The molecule has 1 saturated heterocycles. The van der Waals surface area contributed by atoms with Crippen molar-refractivity contribution in [3.8, 4) is 0 Å². The smallest absolute Gasteiger partial charge is 0.430 e. The molecule has 1 unspecified atom stereocenters. The van der Waals surface area contributed by atoms with Crippen LogP contribution in [-0.4, -0.2) is 19.4 Å². The highest BCUT2D eigenvalue weighted by molar-refractivity contribution is 14.1. The van der Waals surface area contributed by atoms with E-state index in [0.717, 1.165) is 31.1 Å². The number of ether oxygens (including phenoxy) is 3. The van der Waals surface area contributed by atoms with E-state index in [4.69, 9.17) is 9.47 Å². The van der Waals surface area contributed by atoms with Crippen molar-refractivity contribution in [2.24, 2.45) is 5.92 Å². The molecular formula is C27H22F9IO3. The Morgan fingerprint density at radius 2 is 1.50 bits per heavy atom. The number of hydrogen-bond donors (Lipinski definition) is 0. The topological polar surface area (TPSA) is 27.7 Å². The highest BCUT2D eigenvalue weighted by atomic mass is 127. The molecule has 2 aromatic rings. The van der Waals surface area contributed by atoms with Crippen LogP contribution in [0.15, 0.2) is 42.2 Å². The minimum Gasteiger partial charge on any atom is -0.433 e. The molecule has 1 aliphatic carbocycles. The van der Waals surface area contributed by atoms with E-state index in [-0.39, 0.29) is 15.1 Å². The molecule has 218 valence electrons. The SMILES string of the molecule is CCCC1COC(c2cc(F)c(C(F)(F)OC3=CC=C(c4cc(F)c(C(F)(F)F)c(F)c4)C(F)C3)c(I)c2)OC1. The van der Waals surface area contributed by atoms with E-state index < -0.39 is 76.6 Å². The molecule has 3 nitrogen and oxygen atoms in total. The van der Waals surface area contributed by atoms with Gasteiger partial charge >= 0.3 is 12.3 Å². The van der Waals surface area contributed by atoms with Crippen molar-refractivity contribution in [1.82, 2.24) is 0 Å². The molecule has 0 saturated carbocycles. The lowest BCUT2D eigenvalue weighted by Crippen LogP contribution is -2.28. The average molecular weight is 692 g/mol. The lowest BCUT2D eigenvalue weighted by molar-refractivity contribution is -0.228. The molecule has 13 heteroatoms. The quantitative estimate of drug-likeness (QED) is 0.214. The van der Waals surface area contributed by atoms with Gasteiger partial charge in [0.15, 0.2) is 6.29 Å². The maximum absolute atomic E-state index is 15.1. The number of allylic oxidation sites excluding steroid dienone is 4. The van der Waals surface area contributed by atoms with Crippen LogP contribution in [-0.2, 0) is 26.5 Å². The van der Waals surface area contributed by atoms with Gasteiger partial charge < -0.3 is 14.2 Å². The van der Waals surface area contributed by atoms with Gasteiger partial charge in [0.25, 0.3) is 0 Å². The Labute approximate surface area is 237 Å². The summed E-state index contributed by atoms with van der Waals surface area (Å²) < 4.78 is 142. The van der Waals surface area contributed by atoms with Crippen molar-refractivity contribution in [2.45, 2.75) is 50.9 Å². The van der Waals surface area contributed by atoms with Gasteiger partial charge in [-0.05, 0) is 70.5 Å². The van der Waals surface area contributed by atoms with Gasteiger partial charge in [0.05, 0.1) is 13.2 Å². The number of alkyl halides is 6. The standard InChI is InChI=1S/C27H22F9IO3/c1-2-3-13-11-38-25(39-12-13)15-8-21(31)24(22(37)9-15)27(35,36)40-16-4-5-17(18(28)10-16)14-6-19(29)23(20(30)7-14)26(32,33)34/h4-9,13,18,25H,2-3,10-12H2,1H3. The summed E-state index contributed by atoms with van der Waals surface area (Å²) in [6.07, 6.45) is -9.95. The van der Waals surface area contributed by atoms with Crippen molar-refractivity contribution >= 4 is 28.2 Å². The number of halogens is 10. The van der Waals surface area contributed by atoms with Gasteiger partial charge in [0, 0.05) is 21.5 Å². The first-order chi connectivity index (χ1) is 18.7. The van der Waals surface area contributed by atoms with Crippen LogP contribution in [0.3, 0.4) is 0 Å². The molecule has 1 aliphatic heterocycles. The molecule has 0 radical (unpaired) electrons. The molecule has 0 amide bonds. The first kappa shape index (κ1) is 30.7. The first-order valence-electron chi connectivity index (χ1n) is 12.1. The second-order valence-electron chi connectivity index (χ2n) is 9.37. The average Bonchev–Trinajstić information content (AvgIpc) is 2.82. The first-order valence-corrected chi connectivity index (χ1v) is 13.2. The molecule has 4 rings (SSSR count). The number of rotatable bonds is 7. The Morgan fingerprint density at radius 3 is 2.02 bits per heavy atom. The van der Waals surface area contributed by atoms with Crippen LogP contribution in [0, 0.1) is 26.9 Å². The summed E-state index contributed by atoms with van der Waals surface area (Å²) in [4.78, 5) is 0. The molecular weight excluding hydrogens is 670 g/mol. The fourth-order valence-corrected chi connectivity index (χ4v) is 5.47. The summed E-state index contributed by atoms with van der Waals surface area (Å²) in [5, 5.41) is 0. The Bertz CT molecular complexity index is 1270. The van der Waals surface area contributed by atoms with Gasteiger partial charge in [0.2, 0.25) is 0 Å². The second-order valence-corrected chi connectivity index (χ2v) is 10.5. The van der Waals surface area contributed by atoms with Crippen LogP contribution in [0.2, 0.25) is 0 Å². The zero-order chi connectivity index (χ0) is 29.4. The van der Waals surface area contributed by atoms with Crippen LogP contribution < -0.4 is 0 Å². The molecule has 1 fully saturated rings. The minimum atomic E-state index is -5.31. The molecule has 2 aromatic carbocycles. The highest BCUT2D eigenvalue weighted by Crippen LogP contribution is 2.42. The van der Waals surface area contributed by atoms with E-state index in [1.807, 2.05) is 6.92 Å². The summed E-state index contributed by atoms with van der Waals surface area (Å²) in [5.74, 6) is -5.65. The lowest BCUT2D eigenvalue weighted by Gasteiger charge is -2.30. The molecule has 1 atom stereocenters. The van der Waals surface area contributed by atoms with Gasteiger partial charge in [-0.15, -0.1) is 0 Å².